The smallest absolute Gasteiger partial charge is 0.185 e. The van der Waals surface area contributed by atoms with Gasteiger partial charge in [0.2, 0.25) is 0 Å². The highest BCUT2D eigenvalue weighted by Crippen LogP contribution is 2.38. The number of nitrogens with zero attached hydrogens (tertiary/aromatic N) is 1. The van der Waals surface area contributed by atoms with Gasteiger partial charge in [0.15, 0.2) is 7.98 Å². The van der Waals surface area contributed by atoms with Gasteiger partial charge in [-0.05, 0) is 68.0 Å². The molecular weight excluding hydrogens is 245 g/mol. The van der Waals surface area contributed by atoms with Crippen molar-refractivity contribution in [2.45, 2.75) is 44.6 Å². The van der Waals surface area contributed by atoms with E-state index in [0.717, 1.165) is 18.3 Å². The summed E-state index contributed by atoms with van der Waals surface area (Å²) in [6, 6.07) is 6.94. The Labute approximate surface area is 122 Å². The zero-order valence-corrected chi connectivity index (χ0v) is 12.5. The maximum Gasteiger partial charge on any atom is 0.185 e. The molecule has 3 nitrogen and oxygen atoms in total. The number of aromatic amines is 1. The van der Waals surface area contributed by atoms with Gasteiger partial charge in [-0.15, -0.1) is 0 Å². The van der Waals surface area contributed by atoms with Gasteiger partial charge >= 0.3 is 0 Å². The number of aromatic nitrogens is 1. The molecule has 4 heteroatoms. The van der Waals surface area contributed by atoms with Gasteiger partial charge in [-0.3, -0.25) is 0 Å². The fourth-order valence-electron chi connectivity index (χ4n) is 3.58. The number of rotatable bonds is 3. The van der Waals surface area contributed by atoms with Crippen LogP contribution in [0.5, 0.6) is 0 Å². The van der Waals surface area contributed by atoms with Gasteiger partial charge in [0, 0.05) is 22.8 Å². The fraction of sp³-hybridized carbons (Fsp3) is 0.500. The van der Waals surface area contributed by atoms with E-state index in [1.807, 2.05) is 6.07 Å². The molecule has 1 aromatic heterocycles. The lowest BCUT2D eigenvalue weighted by Gasteiger charge is -2.34. The van der Waals surface area contributed by atoms with E-state index in [4.69, 9.17) is 5.73 Å². The second kappa shape index (κ2) is 5.53. The Bertz CT molecular complexity index is 584. The first-order valence-electron chi connectivity index (χ1n) is 7.75. The van der Waals surface area contributed by atoms with Crippen molar-refractivity contribution in [2.24, 2.45) is 0 Å². The largest absolute Gasteiger partial charge is 0.399 e. The molecule has 0 spiro atoms. The molecule has 106 valence electrons. The number of nitrogen functional groups attached to an aromatic ring is 1. The van der Waals surface area contributed by atoms with Crippen LogP contribution in [-0.4, -0.2) is 30.4 Å². The topological polar surface area (TPSA) is 45.0 Å². The number of hydrogen-bond donors (Lipinski definition) is 2. The molecule has 0 atom stereocenters. The molecule has 0 amide bonds. The third kappa shape index (κ3) is 2.45. The van der Waals surface area contributed by atoms with E-state index in [9.17, 15) is 0 Å². The summed E-state index contributed by atoms with van der Waals surface area (Å²) in [5, 5.41) is 1.32. The molecule has 0 bridgehead atoms. The molecule has 1 aliphatic rings. The Morgan fingerprint density at radius 1 is 1.30 bits per heavy atom. The predicted octanol–water partition coefficient (Wildman–Crippen LogP) is 2.65. The standard InChI is InChI=1S/C16H24BN3/c1-2-20(17)13-6-3-11(4-7-13)15-10-19-16-8-5-12(18)9-14(15)16/h5,8-11,13,19H,2-4,6-7,17-18H2,1H3. The molecule has 1 aliphatic carbocycles. The number of hydrogen-bond acceptors (Lipinski definition) is 2. The molecule has 1 saturated carbocycles. The summed E-state index contributed by atoms with van der Waals surface area (Å²) in [6.45, 7) is 3.40. The number of H-pyrrole nitrogens is 1. The Hall–Kier alpha value is -1.42. The summed E-state index contributed by atoms with van der Waals surface area (Å²) in [7, 11) is 2.25. The van der Waals surface area contributed by atoms with Crippen molar-refractivity contribution < 1.29 is 0 Å². The zero-order chi connectivity index (χ0) is 14.1. The van der Waals surface area contributed by atoms with E-state index in [0.29, 0.717) is 5.92 Å². The van der Waals surface area contributed by atoms with Crippen molar-refractivity contribution >= 4 is 24.6 Å². The van der Waals surface area contributed by atoms with Crippen LogP contribution in [0.25, 0.3) is 10.9 Å². The quantitative estimate of drug-likeness (QED) is 0.664. The monoisotopic (exact) mass is 269 g/mol. The van der Waals surface area contributed by atoms with Crippen molar-refractivity contribution in [3.05, 3.63) is 30.0 Å². The summed E-state index contributed by atoms with van der Waals surface area (Å²) in [6.07, 6.45) is 7.39. The number of fused-ring (bicyclic) bond motifs is 1. The molecule has 3 rings (SSSR count). The van der Waals surface area contributed by atoms with Gasteiger partial charge in [0.1, 0.15) is 0 Å². The zero-order valence-electron chi connectivity index (χ0n) is 12.5. The third-order valence-corrected chi connectivity index (χ3v) is 5.00. The molecule has 1 heterocycles. The Kier molecular flexibility index (Phi) is 3.75. The van der Waals surface area contributed by atoms with Crippen LogP contribution in [-0.2, 0) is 0 Å². The van der Waals surface area contributed by atoms with E-state index in [-0.39, 0.29) is 0 Å². The summed E-state index contributed by atoms with van der Waals surface area (Å²) in [4.78, 5) is 5.88. The Balaban J connectivity index is 1.78. The van der Waals surface area contributed by atoms with Crippen LogP contribution >= 0.6 is 0 Å². The average Bonchev–Trinajstić information content (AvgIpc) is 2.89. The number of nitrogens with two attached hydrogens (primary N) is 1. The van der Waals surface area contributed by atoms with Crippen molar-refractivity contribution in [3.63, 3.8) is 0 Å². The van der Waals surface area contributed by atoms with Gasteiger partial charge in [-0.2, -0.15) is 0 Å². The highest BCUT2D eigenvalue weighted by atomic mass is 15.1. The molecule has 0 radical (unpaired) electrons. The molecule has 1 aromatic carbocycles. The van der Waals surface area contributed by atoms with Crippen LogP contribution < -0.4 is 5.73 Å². The summed E-state index contributed by atoms with van der Waals surface area (Å²) in [5.74, 6) is 0.687. The summed E-state index contributed by atoms with van der Waals surface area (Å²) >= 11 is 0. The molecule has 1 fully saturated rings. The molecule has 0 aliphatic heterocycles. The molecular formula is C16H24BN3. The van der Waals surface area contributed by atoms with Crippen molar-refractivity contribution in [1.29, 1.82) is 0 Å². The first-order valence-corrected chi connectivity index (χ1v) is 7.75. The van der Waals surface area contributed by atoms with E-state index in [1.165, 1.54) is 42.1 Å². The van der Waals surface area contributed by atoms with Crippen molar-refractivity contribution in [1.82, 2.24) is 9.79 Å². The minimum absolute atomic E-state index is 0.687. The highest BCUT2D eigenvalue weighted by molar-refractivity contribution is 6.04. The maximum atomic E-state index is 5.94. The predicted molar refractivity (Wildman–Crippen MR) is 88.6 cm³/mol. The Morgan fingerprint density at radius 3 is 2.75 bits per heavy atom. The van der Waals surface area contributed by atoms with E-state index in [1.54, 1.807) is 0 Å². The van der Waals surface area contributed by atoms with Crippen LogP contribution in [0.15, 0.2) is 24.4 Å². The lowest BCUT2D eigenvalue weighted by Crippen LogP contribution is -2.35. The second-order valence-electron chi connectivity index (χ2n) is 6.13. The van der Waals surface area contributed by atoms with Crippen LogP contribution in [0.2, 0.25) is 0 Å². The molecule has 0 unspecified atom stereocenters. The summed E-state index contributed by atoms with van der Waals surface area (Å²) < 4.78 is 0. The minimum Gasteiger partial charge on any atom is -0.399 e. The third-order valence-electron chi connectivity index (χ3n) is 5.00. The number of nitrogens with one attached hydrogen (secondary N) is 1. The average molecular weight is 269 g/mol. The molecule has 20 heavy (non-hydrogen) atoms. The normalized spacial score (nSPS) is 23.5. The van der Waals surface area contributed by atoms with Gasteiger partial charge in [-0.1, -0.05) is 6.92 Å². The maximum absolute atomic E-state index is 5.94. The SMILES string of the molecule is BN(CC)C1CCC(c2c[nH]c3ccc(N)cc23)CC1. The van der Waals surface area contributed by atoms with E-state index >= 15 is 0 Å². The fourth-order valence-corrected chi connectivity index (χ4v) is 3.58. The van der Waals surface area contributed by atoms with Crippen molar-refractivity contribution in [3.8, 4) is 0 Å². The molecule has 2 aromatic rings. The second-order valence-corrected chi connectivity index (χ2v) is 6.13. The highest BCUT2D eigenvalue weighted by Gasteiger charge is 2.25. The van der Waals surface area contributed by atoms with Crippen LogP contribution in [0.4, 0.5) is 5.69 Å². The van der Waals surface area contributed by atoms with E-state index < -0.39 is 0 Å². The van der Waals surface area contributed by atoms with Gasteiger partial charge < -0.3 is 15.5 Å². The van der Waals surface area contributed by atoms with Gasteiger partial charge in [0.05, 0.1) is 0 Å². The van der Waals surface area contributed by atoms with Crippen molar-refractivity contribution in [2.75, 3.05) is 12.3 Å². The van der Waals surface area contributed by atoms with Crippen LogP contribution in [0.3, 0.4) is 0 Å². The molecule has 3 N–H and O–H groups in total. The molecule has 0 saturated heterocycles. The number of benzene rings is 1. The number of anilines is 1. The minimum atomic E-state index is 0.687. The first-order chi connectivity index (χ1) is 9.69. The lowest BCUT2D eigenvalue weighted by atomic mass is 9.80. The first kappa shape index (κ1) is 13.6. The van der Waals surface area contributed by atoms with E-state index in [2.05, 4.69) is 43.0 Å². The van der Waals surface area contributed by atoms with Crippen LogP contribution in [0, 0.1) is 0 Å². The lowest BCUT2D eigenvalue weighted by molar-refractivity contribution is 0.255. The Morgan fingerprint density at radius 2 is 2.05 bits per heavy atom. The van der Waals surface area contributed by atoms with Gasteiger partial charge in [0.25, 0.3) is 0 Å². The van der Waals surface area contributed by atoms with Crippen LogP contribution in [0.1, 0.15) is 44.1 Å². The summed E-state index contributed by atoms with van der Waals surface area (Å²) in [5.41, 5.74) is 9.47. The van der Waals surface area contributed by atoms with Gasteiger partial charge in [-0.25, -0.2) is 0 Å².